The zero-order valence-corrected chi connectivity index (χ0v) is 17.4. The first-order valence-electron chi connectivity index (χ1n) is 9.18. The monoisotopic (exact) mass is 393 g/mol. The lowest BCUT2D eigenvalue weighted by Crippen LogP contribution is -2.59. The molecule has 0 bridgehead atoms. The van der Waals surface area contributed by atoms with Crippen molar-refractivity contribution < 1.29 is 14.3 Å². The molecule has 3 rings (SSSR count). The molecule has 1 aromatic rings. The van der Waals surface area contributed by atoms with E-state index in [1.54, 1.807) is 11.9 Å². The number of carbonyl (C=O) groups is 2. The number of fused-ring (bicyclic) bond motifs is 1. The molecule has 2 heterocycles. The SMILES string of the molecule is CCOCN1CC2(Cc3c1nc(SC)n(C)c3=O)C(=O)CC(C)(C)CC2=O. The summed E-state index contributed by atoms with van der Waals surface area (Å²) in [6.45, 7) is 6.68. The van der Waals surface area contributed by atoms with E-state index in [9.17, 15) is 14.4 Å². The summed E-state index contributed by atoms with van der Waals surface area (Å²) in [6.07, 6.45) is 2.68. The Morgan fingerprint density at radius 1 is 1.15 bits per heavy atom. The minimum absolute atomic E-state index is 0.0769. The van der Waals surface area contributed by atoms with E-state index < -0.39 is 5.41 Å². The van der Waals surface area contributed by atoms with Crippen LogP contribution in [0.2, 0.25) is 0 Å². The fourth-order valence-electron chi connectivity index (χ4n) is 4.08. The molecule has 2 aliphatic rings. The van der Waals surface area contributed by atoms with Crippen molar-refractivity contribution in [1.29, 1.82) is 0 Å². The van der Waals surface area contributed by atoms with Crippen molar-refractivity contribution >= 4 is 29.1 Å². The Morgan fingerprint density at radius 3 is 2.33 bits per heavy atom. The normalized spacial score (nSPS) is 20.9. The van der Waals surface area contributed by atoms with Crippen molar-refractivity contribution in [1.82, 2.24) is 9.55 Å². The number of hydrogen-bond donors (Lipinski definition) is 0. The number of nitrogens with zero attached hydrogens (tertiary/aromatic N) is 3. The molecule has 1 spiro atoms. The number of ether oxygens (including phenoxy) is 1. The zero-order valence-electron chi connectivity index (χ0n) is 16.6. The highest BCUT2D eigenvalue weighted by atomic mass is 32.2. The second-order valence-electron chi connectivity index (χ2n) is 8.21. The highest BCUT2D eigenvalue weighted by Crippen LogP contribution is 2.45. The molecule has 0 amide bonds. The van der Waals surface area contributed by atoms with Crippen molar-refractivity contribution in [3.8, 4) is 0 Å². The quantitative estimate of drug-likeness (QED) is 0.438. The van der Waals surface area contributed by atoms with Crippen LogP contribution in [0.15, 0.2) is 9.95 Å². The van der Waals surface area contributed by atoms with Gasteiger partial charge in [0.15, 0.2) is 5.16 Å². The van der Waals surface area contributed by atoms with Crippen LogP contribution < -0.4 is 10.5 Å². The first-order valence-corrected chi connectivity index (χ1v) is 10.4. The van der Waals surface area contributed by atoms with Crippen LogP contribution in [0.5, 0.6) is 0 Å². The number of anilines is 1. The average molecular weight is 394 g/mol. The van der Waals surface area contributed by atoms with Gasteiger partial charge in [-0.3, -0.25) is 19.0 Å². The zero-order chi connectivity index (χ0) is 20.0. The van der Waals surface area contributed by atoms with Gasteiger partial charge in [-0.25, -0.2) is 4.98 Å². The minimum Gasteiger partial charge on any atom is -0.361 e. The van der Waals surface area contributed by atoms with Gasteiger partial charge in [-0.1, -0.05) is 25.6 Å². The Morgan fingerprint density at radius 2 is 1.78 bits per heavy atom. The predicted octanol–water partition coefficient (Wildman–Crippen LogP) is 1.80. The van der Waals surface area contributed by atoms with Crippen LogP contribution in [-0.4, -0.2) is 47.3 Å². The van der Waals surface area contributed by atoms with E-state index in [0.717, 1.165) is 0 Å². The van der Waals surface area contributed by atoms with Gasteiger partial charge in [0, 0.05) is 39.5 Å². The van der Waals surface area contributed by atoms with Gasteiger partial charge in [-0.2, -0.15) is 0 Å². The Balaban J connectivity index is 2.14. The van der Waals surface area contributed by atoms with Crippen LogP contribution >= 0.6 is 11.8 Å². The molecule has 1 saturated carbocycles. The molecule has 1 fully saturated rings. The minimum atomic E-state index is -1.17. The van der Waals surface area contributed by atoms with E-state index >= 15 is 0 Å². The maximum absolute atomic E-state index is 13.1. The lowest BCUT2D eigenvalue weighted by molar-refractivity contribution is -0.148. The predicted molar refractivity (Wildman–Crippen MR) is 104 cm³/mol. The smallest absolute Gasteiger partial charge is 0.259 e. The molecule has 1 aliphatic heterocycles. The third-order valence-electron chi connectivity index (χ3n) is 5.54. The first kappa shape index (κ1) is 20.1. The largest absolute Gasteiger partial charge is 0.361 e. The van der Waals surface area contributed by atoms with E-state index in [2.05, 4.69) is 4.98 Å². The Bertz CT molecular complexity index is 826. The van der Waals surface area contributed by atoms with Gasteiger partial charge in [-0.05, 0) is 18.6 Å². The Hall–Kier alpha value is -1.67. The van der Waals surface area contributed by atoms with Gasteiger partial charge in [0.2, 0.25) is 0 Å². The summed E-state index contributed by atoms with van der Waals surface area (Å²) >= 11 is 1.39. The molecule has 7 nitrogen and oxygen atoms in total. The summed E-state index contributed by atoms with van der Waals surface area (Å²) in [5.74, 6) is 0.380. The van der Waals surface area contributed by atoms with Crippen LogP contribution in [-0.2, 0) is 27.8 Å². The summed E-state index contributed by atoms with van der Waals surface area (Å²) in [5, 5.41) is 0.596. The van der Waals surface area contributed by atoms with Gasteiger partial charge in [-0.15, -0.1) is 0 Å². The molecule has 148 valence electrons. The third kappa shape index (κ3) is 3.33. The van der Waals surface area contributed by atoms with Gasteiger partial charge in [0.05, 0.1) is 5.56 Å². The summed E-state index contributed by atoms with van der Waals surface area (Å²) in [7, 11) is 1.67. The molecule has 27 heavy (non-hydrogen) atoms. The highest BCUT2D eigenvalue weighted by molar-refractivity contribution is 7.98. The second kappa shape index (κ2) is 7.05. The fourth-order valence-corrected chi connectivity index (χ4v) is 4.62. The van der Waals surface area contributed by atoms with E-state index in [1.807, 2.05) is 27.0 Å². The molecule has 0 unspecified atom stereocenters. The van der Waals surface area contributed by atoms with Crippen molar-refractivity contribution in [2.24, 2.45) is 17.9 Å². The Kier molecular flexibility index (Phi) is 5.24. The molecular formula is C19H27N3O4S. The standard InChI is InChI=1S/C19H27N3O4S/c1-6-26-11-22-10-19(13(23)8-18(2,3)9-14(19)24)7-12-15(22)20-17(27-5)21(4)16(12)25/h6-11H2,1-5H3. The third-order valence-corrected chi connectivity index (χ3v) is 6.27. The number of rotatable bonds is 4. The van der Waals surface area contributed by atoms with E-state index in [4.69, 9.17) is 4.74 Å². The van der Waals surface area contributed by atoms with E-state index in [-0.39, 0.29) is 42.2 Å². The summed E-state index contributed by atoms with van der Waals surface area (Å²) < 4.78 is 7.06. The van der Waals surface area contributed by atoms with Crippen LogP contribution in [0.1, 0.15) is 39.2 Å². The summed E-state index contributed by atoms with van der Waals surface area (Å²) in [5.41, 5.74) is -1.27. The van der Waals surface area contributed by atoms with Gasteiger partial charge < -0.3 is 9.64 Å². The molecule has 0 aromatic carbocycles. The van der Waals surface area contributed by atoms with Crippen molar-refractivity contribution in [3.63, 3.8) is 0 Å². The Labute approximate surface area is 163 Å². The topological polar surface area (TPSA) is 81.5 Å². The molecule has 8 heteroatoms. The van der Waals surface area contributed by atoms with Crippen molar-refractivity contribution in [3.05, 3.63) is 15.9 Å². The van der Waals surface area contributed by atoms with Gasteiger partial charge >= 0.3 is 0 Å². The van der Waals surface area contributed by atoms with Crippen LogP contribution in [0.3, 0.4) is 0 Å². The molecular weight excluding hydrogens is 366 g/mol. The summed E-state index contributed by atoms with van der Waals surface area (Å²) in [6, 6.07) is 0. The number of hydrogen-bond acceptors (Lipinski definition) is 7. The maximum Gasteiger partial charge on any atom is 0.259 e. The first-order chi connectivity index (χ1) is 12.6. The second-order valence-corrected chi connectivity index (χ2v) is 8.98. The maximum atomic E-state index is 13.1. The molecule has 0 atom stereocenters. The average Bonchev–Trinajstić information content (AvgIpc) is 2.60. The fraction of sp³-hybridized carbons (Fsp3) is 0.684. The van der Waals surface area contributed by atoms with E-state index in [1.165, 1.54) is 16.3 Å². The van der Waals surface area contributed by atoms with Crippen LogP contribution in [0.25, 0.3) is 0 Å². The lowest BCUT2D eigenvalue weighted by Gasteiger charge is -2.46. The summed E-state index contributed by atoms with van der Waals surface area (Å²) in [4.78, 5) is 45.7. The number of carbonyl (C=O) groups excluding carboxylic acids is 2. The van der Waals surface area contributed by atoms with Crippen molar-refractivity contribution in [2.45, 2.75) is 45.2 Å². The molecule has 0 radical (unpaired) electrons. The molecule has 1 aliphatic carbocycles. The van der Waals surface area contributed by atoms with Crippen LogP contribution in [0.4, 0.5) is 5.82 Å². The number of thioether (sulfide) groups is 1. The van der Waals surface area contributed by atoms with Crippen LogP contribution in [0, 0.1) is 10.8 Å². The van der Waals surface area contributed by atoms with Crippen molar-refractivity contribution in [2.75, 3.05) is 31.0 Å². The number of Topliss-reactive ketones (excluding diaryl/α,β-unsaturated/α-hetero) is 2. The number of aromatic nitrogens is 2. The highest BCUT2D eigenvalue weighted by Gasteiger charge is 2.55. The van der Waals surface area contributed by atoms with Gasteiger partial charge in [0.1, 0.15) is 29.5 Å². The number of ketones is 2. The molecule has 0 saturated heterocycles. The molecule has 1 aromatic heterocycles. The molecule has 0 N–H and O–H groups in total. The van der Waals surface area contributed by atoms with E-state index in [0.29, 0.717) is 36.0 Å². The van der Waals surface area contributed by atoms with Gasteiger partial charge in [0.25, 0.3) is 5.56 Å². The lowest BCUT2D eigenvalue weighted by atomic mass is 9.60.